The molecule has 178 valence electrons. The summed E-state index contributed by atoms with van der Waals surface area (Å²) < 4.78 is 5.36. The fourth-order valence-electron chi connectivity index (χ4n) is 3.59. The van der Waals surface area contributed by atoms with Crippen LogP contribution in [-0.4, -0.2) is 33.4 Å². The van der Waals surface area contributed by atoms with E-state index in [1.165, 1.54) is 22.9 Å². The number of hydrogen-bond donors (Lipinski definition) is 1. The summed E-state index contributed by atoms with van der Waals surface area (Å²) in [6, 6.07) is 23.7. The molecule has 0 bridgehead atoms. The highest BCUT2D eigenvalue weighted by Crippen LogP contribution is 2.32. The van der Waals surface area contributed by atoms with Gasteiger partial charge < -0.3 is 10.1 Å². The van der Waals surface area contributed by atoms with E-state index in [9.17, 15) is 4.79 Å². The molecule has 0 aliphatic rings. The monoisotopic (exact) mass is 484 g/mol. The Morgan fingerprint density at radius 2 is 1.49 bits per heavy atom. The molecule has 1 atom stereocenters. The molecule has 35 heavy (non-hydrogen) atoms. The number of methoxy groups -OCH3 is 1. The van der Waals surface area contributed by atoms with Crippen molar-refractivity contribution >= 4 is 23.4 Å². The van der Waals surface area contributed by atoms with Gasteiger partial charge in [0.1, 0.15) is 17.1 Å². The molecule has 0 saturated heterocycles. The van der Waals surface area contributed by atoms with Gasteiger partial charge in [-0.25, -0.2) is 4.98 Å². The van der Waals surface area contributed by atoms with Gasteiger partial charge in [-0.05, 0) is 32.4 Å². The molecule has 1 N–H and O–H groups in total. The van der Waals surface area contributed by atoms with Gasteiger partial charge >= 0.3 is 0 Å². The third kappa shape index (κ3) is 5.87. The molecule has 7 heteroatoms. The Hall–Kier alpha value is -3.71. The molecule has 1 unspecified atom stereocenters. The van der Waals surface area contributed by atoms with E-state index in [0.717, 1.165) is 16.8 Å². The SMILES string of the molecule is CCC(Sc1nnc(-c2ccc(C)cc2)c(-c2ccc(C)cc2)n1)C(=O)Nc1ccccc1OC. The lowest BCUT2D eigenvalue weighted by molar-refractivity contribution is -0.115. The van der Waals surface area contributed by atoms with Gasteiger partial charge in [0.25, 0.3) is 0 Å². The van der Waals surface area contributed by atoms with Crippen LogP contribution in [0, 0.1) is 13.8 Å². The maximum Gasteiger partial charge on any atom is 0.238 e. The highest BCUT2D eigenvalue weighted by Gasteiger charge is 2.22. The Bertz CT molecular complexity index is 1310. The van der Waals surface area contributed by atoms with E-state index in [-0.39, 0.29) is 5.91 Å². The van der Waals surface area contributed by atoms with Crippen molar-refractivity contribution in [3.05, 3.63) is 83.9 Å². The molecule has 0 saturated carbocycles. The van der Waals surface area contributed by atoms with E-state index in [2.05, 4.69) is 41.5 Å². The molecule has 4 aromatic rings. The highest BCUT2D eigenvalue weighted by molar-refractivity contribution is 8.00. The standard InChI is InChI=1S/C28H28N4O2S/c1-5-24(27(33)29-22-8-6-7-9-23(22)34-4)35-28-30-25(20-14-10-18(2)11-15-20)26(31-32-28)21-16-12-19(3)13-17-21/h6-17,24H,5H2,1-4H3,(H,29,33). The third-order valence-corrected chi connectivity index (χ3v) is 6.81. The molecular weight excluding hydrogens is 456 g/mol. The number of anilines is 1. The lowest BCUT2D eigenvalue weighted by Gasteiger charge is -2.16. The molecule has 0 spiro atoms. The maximum absolute atomic E-state index is 13.1. The van der Waals surface area contributed by atoms with Crippen LogP contribution in [0.4, 0.5) is 5.69 Å². The second kappa shape index (κ2) is 11.1. The number of aryl methyl sites for hydroxylation is 2. The fraction of sp³-hybridized carbons (Fsp3) is 0.214. The Kier molecular flexibility index (Phi) is 7.77. The largest absolute Gasteiger partial charge is 0.495 e. The lowest BCUT2D eigenvalue weighted by atomic mass is 10.0. The zero-order chi connectivity index (χ0) is 24.8. The summed E-state index contributed by atoms with van der Waals surface area (Å²) in [6.45, 7) is 6.07. The minimum atomic E-state index is -0.391. The Morgan fingerprint density at radius 1 is 0.886 bits per heavy atom. The average Bonchev–Trinajstić information content (AvgIpc) is 2.88. The zero-order valence-corrected chi connectivity index (χ0v) is 21.1. The van der Waals surface area contributed by atoms with Crippen LogP contribution in [0.3, 0.4) is 0 Å². The summed E-state index contributed by atoms with van der Waals surface area (Å²) in [4.78, 5) is 17.9. The quantitative estimate of drug-likeness (QED) is 0.294. The molecule has 1 heterocycles. The second-order valence-electron chi connectivity index (χ2n) is 8.23. The normalized spacial score (nSPS) is 11.7. The van der Waals surface area contributed by atoms with Gasteiger partial charge in [-0.15, -0.1) is 10.2 Å². The first-order valence-electron chi connectivity index (χ1n) is 11.5. The van der Waals surface area contributed by atoms with Crippen molar-refractivity contribution in [3.63, 3.8) is 0 Å². The molecule has 3 aromatic carbocycles. The van der Waals surface area contributed by atoms with E-state index in [1.54, 1.807) is 7.11 Å². The topological polar surface area (TPSA) is 77.0 Å². The van der Waals surface area contributed by atoms with E-state index in [1.807, 2.05) is 67.6 Å². The molecule has 0 radical (unpaired) electrons. The molecule has 1 amide bonds. The van der Waals surface area contributed by atoms with Crippen molar-refractivity contribution in [1.82, 2.24) is 15.2 Å². The van der Waals surface area contributed by atoms with Crippen molar-refractivity contribution in [2.75, 3.05) is 12.4 Å². The van der Waals surface area contributed by atoms with E-state index in [4.69, 9.17) is 9.72 Å². The minimum absolute atomic E-state index is 0.134. The number of ether oxygens (including phenoxy) is 1. The van der Waals surface area contributed by atoms with E-state index < -0.39 is 5.25 Å². The van der Waals surface area contributed by atoms with Crippen molar-refractivity contribution in [1.29, 1.82) is 0 Å². The number of hydrogen-bond acceptors (Lipinski definition) is 6. The fourth-order valence-corrected chi connectivity index (χ4v) is 4.41. The van der Waals surface area contributed by atoms with Crippen molar-refractivity contribution in [2.24, 2.45) is 0 Å². The van der Waals surface area contributed by atoms with Crippen LogP contribution in [0.2, 0.25) is 0 Å². The van der Waals surface area contributed by atoms with Gasteiger partial charge in [0.05, 0.1) is 18.0 Å². The third-order valence-electron chi connectivity index (χ3n) is 5.59. The van der Waals surface area contributed by atoms with Crippen molar-refractivity contribution < 1.29 is 9.53 Å². The van der Waals surface area contributed by atoms with Crippen LogP contribution in [-0.2, 0) is 4.79 Å². The average molecular weight is 485 g/mol. The number of nitrogens with one attached hydrogen (secondary N) is 1. The van der Waals surface area contributed by atoms with Crippen LogP contribution in [0.5, 0.6) is 5.75 Å². The van der Waals surface area contributed by atoms with Crippen LogP contribution in [0.1, 0.15) is 24.5 Å². The summed E-state index contributed by atoms with van der Waals surface area (Å²) in [6.07, 6.45) is 0.606. The number of carbonyl (C=O) groups excluding carboxylic acids is 1. The van der Waals surface area contributed by atoms with Crippen LogP contribution in [0.25, 0.3) is 22.5 Å². The number of thioether (sulfide) groups is 1. The summed E-state index contributed by atoms with van der Waals surface area (Å²) in [5.41, 5.74) is 6.33. The predicted molar refractivity (Wildman–Crippen MR) is 142 cm³/mol. The second-order valence-corrected chi connectivity index (χ2v) is 9.40. The summed E-state index contributed by atoms with van der Waals surface area (Å²) in [7, 11) is 1.58. The van der Waals surface area contributed by atoms with Crippen LogP contribution < -0.4 is 10.1 Å². The number of nitrogens with zero attached hydrogens (tertiary/aromatic N) is 3. The maximum atomic E-state index is 13.1. The van der Waals surface area contributed by atoms with Gasteiger partial charge in [0, 0.05) is 11.1 Å². The van der Waals surface area contributed by atoms with Crippen LogP contribution >= 0.6 is 11.8 Å². The Morgan fingerprint density at radius 3 is 2.09 bits per heavy atom. The molecule has 1 aromatic heterocycles. The van der Waals surface area contributed by atoms with Gasteiger partial charge in [-0.1, -0.05) is 90.5 Å². The first-order valence-corrected chi connectivity index (χ1v) is 12.4. The summed E-state index contributed by atoms with van der Waals surface area (Å²) >= 11 is 1.31. The molecule has 4 rings (SSSR count). The molecule has 0 aliphatic heterocycles. The number of carbonyl (C=O) groups is 1. The van der Waals surface area contributed by atoms with Gasteiger partial charge in [-0.2, -0.15) is 0 Å². The Labute approximate surface area is 210 Å². The van der Waals surface area contributed by atoms with Gasteiger partial charge in [-0.3, -0.25) is 4.79 Å². The lowest BCUT2D eigenvalue weighted by Crippen LogP contribution is -2.25. The van der Waals surface area contributed by atoms with Crippen LogP contribution in [0.15, 0.2) is 78.0 Å². The predicted octanol–water partition coefficient (Wildman–Crippen LogP) is 6.34. The Balaban J connectivity index is 1.65. The van der Waals surface area contributed by atoms with Crippen molar-refractivity contribution in [2.45, 2.75) is 37.6 Å². The summed E-state index contributed by atoms with van der Waals surface area (Å²) in [5, 5.41) is 12.0. The number of aromatic nitrogens is 3. The van der Waals surface area contributed by atoms with E-state index in [0.29, 0.717) is 28.7 Å². The molecule has 0 aliphatic carbocycles. The van der Waals surface area contributed by atoms with Gasteiger partial charge in [0.2, 0.25) is 11.1 Å². The number of amides is 1. The minimum Gasteiger partial charge on any atom is -0.495 e. The first-order chi connectivity index (χ1) is 17.0. The first kappa shape index (κ1) is 24.4. The summed E-state index contributed by atoms with van der Waals surface area (Å²) in [5.74, 6) is 0.479. The van der Waals surface area contributed by atoms with Gasteiger partial charge in [0.15, 0.2) is 0 Å². The molecule has 6 nitrogen and oxygen atoms in total. The zero-order valence-electron chi connectivity index (χ0n) is 20.3. The highest BCUT2D eigenvalue weighted by atomic mass is 32.2. The van der Waals surface area contributed by atoms with E-state index >= 15 is 0 Å². The van der Waals surface area contributed by atoms with Crippen molar-refractivity contribution in [3.8, 4) is 28.3 Å². The number of para-hydroxylation sites is 2. The number of benzene rings is 3. The molecular formula is C28H28N4O2S. The molecule has 0 fully saturated rings. The smallest absolute Gasteiger partial charge is 0.238 e. The number of rotatable bonds is 8.